The Bertz CT molecular complexity index is 448. The third kappa shape index (κ3) is 4.37. The fourth-order valence-electron chi connectivity index (χ4n) is 1.25. The predicted molar refractivity (Wildman–Crippen MR) is 66.3 cm³/mol. The van der Waals surface area contributed by atoms with Gasteiger partial charge in [0.2, 0.25) is 10.0 Å². The first kappa shape index (κ1) is 13.3. The zero-order valence-corrected chi connectivity index (χ0v) is 10.8. The van der Waals surface area contributed by atoms with Gasteiger partial charge in [-0.2, -0.15) is 0 Å². The second-order valence-corrected chi connectivity index (χ2v) is 5.97. The van der Waals surface area contributed by atoms with Gasteiger partial charge in [0.05, 0.1) is 17.6 Å². The van der Waals surface area contributed by atoms with Crippen molar-refractivity contribution in [1.29, 1.82) is 0 Å². The minimum atomic E-state index is -3.34. The Balaban J connectivity index is 2.73. The molecule has 0 amide bonds. The van der Waals surface area contributed by atoms with Crippen LogP contribution in [0.15, 0.2) is 18.5 Å². The van der Waals surface area contributed by atoms with Gasteiger partial charge in [-0.1, -0.05) is 6.92 Å². The van der Waals surface area contributed by atoms with E-state index in [9.17, 15) is 8.42 Å². The van der Waals surface area contributed by atoms with Crippen LogP contribution in [0.4, 0.5) is 5.69 Å². The number of nitrogens with zero attached hydrogens (tertiary/aromatic N) is 1. The summed E-state index contributed by atoms with van der Waals surface area (Å²) in [7, 11) is -3.34. The van der Waals surface area contributed by atoms with E-state index in [1.165, 1.54) is 6.20 Å². The molecule has 1 N–H and O–H groups in total. The molecule has 1 unspecified atom stereocenters. The Morgan fingerprint density at radius 3 is 2.75 bits per heavy atom. The SMILES string of the molecule is Cc1cncc(NS(=O)(=O)CC(C)CCl)c1. The summed E-state index contributed by atoms with van der Waals surface area (Å²) in [6, 6.07) is 1.73. The average molecular weight is 263 g/mol. The summed E-state index contributed by atoms with van der Waals surface area (Å²) in [6.45, 7) is 3.65. The first-order valence-electron chi connectivity index (χ1n) is 4.91. The Kier molecular flexibility index (Phi) is 4.56. The third-order valence-corrected chi connectivity index (χ3v) is 4.00. The number of sulfonamides is 1. The molecular formula is C10H15ClN2O2S. The molecule has 0 aliphatic heterocycles. The second kappa shape index (κ2) is 5.50. The lowest BCUT2D eigenvalue weighted by molar-refractivity contribution is 0.588. The summed E-state index contributed by atoms with van der Waals surface area (Å²) >= 11 is 5.58. The van der Waals surface area contributed by atoms with Gasteiger partial charge in [0.15, 0.2) is 0 Å². The average Bonchev–Trinajstić information content (AvgIpc) is 2.15. The van der Waals surface area contributed by atoms with Crippen molar-refractivity contribution in [1.82, 2.24) is 4.98 Å². The maximum atomic E-state index is 11.7. The van der Waals surface area contributed by atoms with Gasteiger partial charge in [0.25, 0.3) is 0 Å². The number of hydrogen-bond donors (Lipinski definition) is 1. The Hall–Kier alpha value is -0.810. The normalized spacial score (nSPS) is 13.4. The van der Waals surface area contributed by atoms with E-state index in [0.717, 1.165) is 5.56 Å². The monoisotopic (exact) mass is 262 g/mol. The fourth-order valence-corrected chi connectivity index (χ4v) is 2.91. The van der Waals surface area contributed by atoms with Crippen LogP contribution in [0.1, 0.15) is 12.5 Å². The van der Waals surface area contributed by atoms with Crippen LogP contribution < -0.4 is 4.72 Å². The van der Waals surface area contributed by atoms with Crippen molar-refractivity contribution in [3.8, 4) is 0 Å². The van der Waals surface area contributed by atoms with Crippen LogP contribution in [0.3, 0.4) is 0 Å². The highest BCUT2D eigenvalue weighted by Gasteiger charge is 2.15. The molecular weight excluding hydrogens is 248 g/mol. The highest BCUT2D eigenvalue weighted by atomic mass is 35.5. The number of aryl methyl sites for hydroxylation is 1. The van der Waals surface area contributed by atoms with Gasteiger partial charge < -0.3 is 0 Å². The molecule has 90 valence electrons. The second-order valence-electron chi connectivity index (χ2n) is 3.89. The largest absolute Gasteiger partial charge is 0.282 e. The lowest BCUT2D eigenvalue weighted by Crippen LogP contribution is -2.22. The van der Waals surface area contributed by atoms with E-state index in [4.69, 9.17) is 11.6 Å². The van der Waals surface area contributed by atoms with Crippen LogP contribution in [0, 0.1) is 12.8 Å². The van der Waals surface area contributed by atoms with Crippen molar-refractivity contribution >= 4 is 27.3 Å². The van der Waals surface area contributed by atoms with E-state index in [2.05, 4.69) is 9.71 Å². The quantitative estimate of drug-likeness (QED) is 0.826. The molecule has 0 saturated heterocycles. The summed E-state index contributed by atoms with van der Waals surface area (Å²) in [6.07, 6.45) is 3.15. The summed E-state index contributed by atoms with van der Waals surface area (Å²) in [4.78, 5) is 3.91. The summed E-state index contributed by atoms with van der Waals surface area (Å²) in [5, 5.41) is 0. The van der Waals surface area contributed by atoms with Gasteiger partial charge in [-0.3, -0.25) is 9.71 Å². The molecule has 1 heterocycles. The maximum Gasteiger partial charge on any atom is 0.233 e. The van der Waals surface area contributed by atoms with Crippen LogP contribution in [0.25, 0.3) is 0 Å². The zero-order chi connectivity index (χ0) is 12.2. The van der Waals surface area contributed by atoms with Crippen molar-refractivity contribution in [3.05, 3.63) is 24.0 Å². The van der Waals surface area contributed by atoms with E-state index in [1.54, 1.807) is 19.2 Å². The molecule has 1 atom stereocenters. The highest BCUT2D eigenvalue weighted by molar-refractivity contribution is 7.92. The van der Waals surface area contributed by atoms with Crippen molar-refractivity contribution in [2.24, 2.45) is 5.92 Å². The van der Waals surface area contributed by atoms with E-state index < -0.39 is 10.0 Å². The minimum absolute atomic E-state index is 0.0183. The van der Waals surface area contributed by atoms with E-state index in [0.29, 0.717) is 11.6 Å². The van der Waals surface area contributed by atoms with Crippen LogP contribution in [-0.4, -0.2) is 25.0 Å². The molecule has 0 aliphatic carbocycles. The summed E-state index contributed by atoms with van der Waals surface area (Å²) in [5.41, 5.74) is 1.40. The topological polar surface area (TPSA) is 59.1 Å². The molecule has 1 aromatic heterocycles. The standard InChI is InChI=1S/C10H15ClN2O2S/c1-8-3-10(6-12-5-8)13-16(14,15)7-9(2)4-11/h3,5-6,9,13H,4,7H2,1-2H3. The van der Waals surface area contributed by atoms with Crippen LogP contribution in [0.2, 0.25) is 0 Å². The van der Waals surface area contributed by atoms with Crippen LogP contribution >= 0.6 is 11.6 Å². The van der Waals surface area contributed by atoms with Gasteiger partial charge in [-0.15, -0.1) is 11.6 Å². The summed E-state index contributed by atoms with van der Waals surface area (Å²) in [5.74, 6) is 0.272. The van der Waals surface area contributed by atoms with E-state index in [-0.39, 0.29) is 11.7 Å². The molecule has 0 spiro atoms. The molecule has 0 fully saturated rings. The fraction of sp³-hybridized carbons (Fsp3) is 0.500. The van der Waals surface area contributed by atoms with Gasteiger partial charge in [0, 0.05) is 12.1 Å². The van der Waals surface area contributed by atoms with E-state index >= 15 is 0 Å². The van der Waals surface area contributed by atoms with E-state index in [1.807, 2.05) is 6.92 Å². The lowest BCUT2D eigenvalue weighted by Gasteiger charge is -2.11. The predicted octanol–water partition coefficient (Wildman–Crippen LogP) is 2.01. The molecule has 16 heavy (non-hydrogen) atoms. The van der Waals surface area contributed by atoms with Crippen molar-refractivity contribution in [2.75, 3.05) is 16.4 Å². The minimum Gasteiger partial charge on any atom is -0.282 e. The van der Waals surface area contributed by atoms with Gasteiger partial charge in [-0.05, 0) is 24.5 Å². The number of nitrogens with one attached hydrogen (secondary N) is 1. The van der Waals surface area contributed by atoms with Crippen LogP contribution in [0.5, 0.6) is 0 Å². The first-order valence-corrected chi connectivity index (χ1v) is 7.10. The number of halogens is 1. The zero-order valence-electron chi connectivity index (χ0n) is 9.27. The van der Waals surface area contributed by atoms with Gasteiger partial charge in [-0.25, -0.2) is 8.42 Å². The molecule has 1 rings (SSSR count). The number of pyridine rings is 1. The maximum absolute atomic E-state index is 11.7. The molecule has 0 aliphatic rings. The van der Waals surface area contributed by atoms with Crippen LogP contribution in [-0.2, 0) is 10.0 Å². The smallest absolute Gasteiger partial charge is 0.233 e. The Morgan fingerprint density at radius 1 is 1.50 bits per heavy atom. The van der Waals surface area contributed by atoms with Gasteiger partial charge >= 0.3 is 0 Å². The highest BCUT2D eigenvalue weighted by Crippen LogP contribution is 2.11. The molecule has 0 aromatic carbocycles. The van der Waals surface area contributed by atoms with Gasteiger partial charge in [0.1, 0.15) is 0 Å². The number of anilines is 1. The molecule has 0 saturated carbocycles. The Labute approximate surface area is 101 Å². The molecule has 6 heteroatoms. The third-order valence-electron chi connectivity index (χ3n) is 1.92. The van der Waals surface area contributed by atoms with Crippen molar-refractivity contribution < 1.29 is 8.42 Å². The number of rotatable bonds is 5. The van der Waals surface area contributed by atoms with Crippen molar-refractivity contribution in [2.45, 2.75) is 13.8 Å². The number of aromatic nitrogens is 1. The first-order chi connectivity index (χ1) is 7.43. The summed E-state index contributed by atoms with van der Waals surface area (Å²) < 4.78 is 25.8. The number of hydrogen-bond acceptors (Lipinski definition) is 3. The molecule has 1 aromatic rings. The molecule has 4 nitrogen and oxygen atoms in total. The lowest BCUT2D eigenvalue weighted by atomic mass is 10.3. The van der Waals surface area contributed by atoms with Crippen molar-refractivity contribution in [3.63, 3.8) is 0 Å². The Morgan fingerprint density at radius 2 is 2.19 bits per heavy atom. The number of alkyl halides is 1. The molecule has 0 bridgehead atoms. The molecule has 0 radical (unpaired) electrons.